The van der Waals surface area contributed by atoms with Gasteiger partial charge in [-0.1, -0.05) is 0 Å². The van der Waals surface area contributed by atoms with Crippen molar-refractivity contribution in [2.24, 2.45) is 0 Å². The molecule has 0 aliphatic carbocycles. The molecule has 1 heterocycles. The van der Waals surface area contributed by atoms with Gasteiger partial charge in [-0.15, -0.1) is 0 Å². The number of hydrogen-bond acceptors (Lipinski definition) is 4. The molecule has 5 nitrogen and oxygen atoms in total. The highest BCUT2D eigenvalue weighted by Gasteiger charge is 2.36. The van der Waals surface area contributed by atoms with Crippen LogP contribution in [0.3, 0.4) is 0 Å². The van der Waals surface area contributed by atoms with E-state index in [1.165, 1.54) is 11.2 Å². The van der Waals surface area contributed by atoms with E-state index in [4.69, 9.17) is 10.4 Å². The zero-order chi connectivity index (χ0) is 10.8. The molecule has 0 amide bonds. The summed E-state index contributed by atoms with van der Waals surface area (Å²) in [5, 5.41) is 16.5. The van der Waals surface area contributed by atoms with Crippen LogP contribution < -0.4 is 0 Å². The molecule has 1 fully saturated rings. The lowest BCUT2D eigenvalue weighted by Crippen LogP contribution is -2.41. The highest BCUT2D eigenvalue weighted by Crippen LogP contribution is 2.22. The van der Waals surface area contributed by atoms with Crippen molar-refractivity contribution in [3.8, 4) is 6.07 Å². The van der Waals surface area contributed by atoms with Gasteiger partial charge in [0, 0.05) is 12.6 Å². The molecule has 0 aromatic carbocycles. The first-order valence-electron chi connectivity index (χ1n) is 4.55. The average molecular weight is 218 g/mol. The number of nitrogens with zero attached hydrogens (tertiary/aromatic N) is 2. The van der Waals surface area contributed by atoms with Crippen LogP contribution in [0.1, 0.15) is 19.8 Å². The molecule has 1 saturated heterocycles. The van der Waals surface area contributed by atoms with Crippen LogP contribution in [0.4, 0.5) is 0 Å². The van der Waals surface area contributed by atoms with Crippen molar-refractivity contribution < 1.29 is 13.5 Å². The Morgan fingerprint density at radius 1 is 1.71 bits per heavy atom. The molecule has 1 aliphatic heterocycles. The van der Waals surface area contributed by atoms with Crippen molar-refractivity contribution in [3.63, 3.8) is 0 Å². The van der Waals surface area contributed by atoms with Crippen LogP contribution in [0, 0.1) is 11.3 Å². The van der Waals surface area contributed by atoms with E-state index in [0.29, 0.717) is 13.0 Å². The fourth-order valence-electron chi connectivity index (χ4n) is 1.60. The Bertz CT molecular complexity index is 333. The molecular weight excluding hydrogens is 204 g/mol. The summed E-state index contributed by atoms with van der Waals surface area (Å²) in [5.74, 6) is 0. The third-order valence-electron chi connectivity index (χ3n) is 2.49. The highest BCUT2D eigenvalue weighted by molar-refractivity contribution is 7.90. The first-order valence-corrected chi connectivity index (χ1v) is 6.05. The van der Waals surface area contributed by atoms with Gasteiger partial charge in [0.25, 0.3) is 0 Å². The number of hydrogen-bond donors (Lipinski definition) is 1. The lowest BCUT2D eigenvalue weighted by molar-refractivity contribution is 0.213. The van der Waals surface area contributed by atoms with Crippen LogP contribution in [0.15, 0.2) is 0 Å². The van der Waals surface area contributed by atoms with E-state index in [2.05, 4.69) is 0 Å². The van der Waals surface area contributed by atoms with Gasteiger partial charge in [0.05, 0.1) is 12.7 Å². The third-order valence-corrected chi connectivity index (χ3v) is 4.62. The van der Waals surface area contributed by atoms with E-state index < -0.39 is 15.3 Å². The van der Waals surface area contributed by atoms with Crippen molar-refractivity contribution in [2.75, 3.05) is 13.2 Å². The smallest absolute Gasteiger partial charge is 0.230 e. The molecule has 0 aromatic rings. The summed E-state index contributed by atoms with van der Waals surface area (Å²) in [5.41, 5.74) is 0. The van der Waals surface area contributed by atoms with Gasteiger partial charge in [-0.3, -0.25) is 0 Å². The van der Waals surface area contributed by atoms with Crippen LogP contribution >= 0.6 is 0 Å². The molecule has 0 radical (unpaired) electrons. The maximum absolute atomic E-state index is 11.7. The van der Waals surface area contributed by atoms with Crippen molar-refractivity contribution in [2.45, 2.75) is 31.1 Å². The van der Waals surface area contributed by atoms with Gasteiger partial charge in [0.2, 0.25) is 10.0 Å². The number of sulfonamides is 1. The van der Waals surface area contributed by atoms with E-state index in [9.17, 15) is 8.42 Å². The molecular formula is C8H14N2O3S. The minimum atomic E-state index is -3.54. The number of aliphatic hydroxyl groups excluding tert-OH is 1. The van der Waals surface area contributed by atoms with E-state index in [0.717, 1.165) is 6.42 Å². The fourth-order valence-corrected chi connectivity index (χ4v) is 3.11. The van der Waals surface area contributed by atoms with Gasteiger partial charge in [0.15, 0.2) is 5.25 Å². The maximum atomic E-state index is 11.7. The zero-order valence-electron chi connectivity index (χ0n) is 8.05. The first kappa shape index (κ1) is 11.4. The summed E-state index contributed by atoms with van der Waals surface area (Å²) in [6.45, 7) is 1.61. The molecule has 0 bridgehead atoms. The molecule has 1 unspecified atom stereocenters. The van der Waals surface area contributed by atoms with Crippen LogP contribution in [0.5, 0.6) is 0 Å². The molecule has 1 rings (SSSR count). The summed E-state index contributed by atoms with van der Waals surface area (Å²) in [6.07, 6.45) is 1.43. The minimum absolute atomic E-state index is 0.169. The largest absolute Gasteiger partial charge is 0.395 e. The topological polar surface area (TPSA) is 81.4 Å². The summed E-state index contributed by atoms with van der Waals surface area (Å²) < 4.78 is 24.7. The lowest BCUT2D eigenvalue weighted by atomic mass is 10.2. The van der Waals surface area contributed by atoms with Gasteiger partial charge >= 0.3 is 0 Å². The van der Waals surface area contributed by atoms with Crippen molar-refractivity contribution >= 4 is 10.0 Å². The van der Waals surface area contributed by atoms with Gasteiger partial charge in [0.1, 0.15) is 0 Å². The molecule has 1 N–H and O–H groups in total. The molecule has 6 heteroatoms. The Balaban J connectivity index is 2.88. The van der Waals surface area contributed by atoms with Crippen LogP contribution in [-0.4, -0.2) is 42.3 Å². The van der Waals surface area contributed by atoms with E-state index in [1.54, 1.807) is 6.07 Å². The van der Waals surface area contributed by atoms with Crippen LogP contribution in [0.25, 0.3) is 0 Å². The van der Waals surface area contributed by atoms with Crippen LogP contribution in [0.2, 0.25) is 0 Å². The Morgan fingerprint density at radius 2 is 2.36 bits per heavy atom. The molecule has 0 saturated carbocycles. The first-order chi connectivity index (χ1) is 6.54. The van der Waals surface area contributed by atoms with Gasteiger partial charge < -0.3 is 5.11 Å². The molecule has 0 spiro atoms. The Morgan fingerprint density at radius 3 is 2.86 bits per heavy atom. The molecule has 14 heavy (non-hydrogen) atoms. The second-order valence-electron chi connectivity index (χ2n) is 3.41. The SMILES string of the molecule is CC(C#N)S(=O)(=O)N1CCC[C@H]1CO. The van der Waals surface area contributed by atoms with Crippen LogP contribution in [-0.2, 0) is 10.0 Å². The summed E-state index contributed by atoms with van der Waals surface area (Å²) >= 11 is 0. The van der Waals surface area contributed by atoms with Crippen molar-refractivity contribution in [1.82, 2.24) is 4.31 Å². The Kier molecular flexibility index (Phi) is 3.48. The minimum Gasteiger partial charge on any atom is -0.395 e. The average Bonchev–Trinajstić information content (AvgIpc) is 2.64. The molecule has 0 aromatic heterocycles. The molecule has 80 valence electrons. The summed E-state index contributed by atoms with van der Waals surface area (Å²) in [4.78, 5) is 0. The highest BCUT2D eigenvalue weighted by atomic mass is 32.2. The monoisotopic (exact) mass is 218 g/mol. The quantitative estimate of drug-likeness (QED) is 0.704. The molecule has 1 aliphatic rings. The molecule has 2 atom stereocenters. The number of aliphatic hydroxyl groups is 1. The van der Waals surface area contributed by atoms with Gasteiger partial charge in [-0.25, -0.2) is 8.42 Å². The fraction of sp³-hybridized carbons (Fsp3) is 0.875. The van der Waals surface area contributed by atoms with Crippen molar-refractivity contribution in [1.29, 1.82) is 5.26 Å². The van der Waals surface area contributed by atoms with Gasteiger partial charge in [-0.05, 0) is 19.8 Å². The standard InChI is InChI=1S/C8H14N2O3S/c1-7(5-9)14(12,13)10-4-2-3-8(10)6-11/h7-8,11H,2-4,6H2,1H3/t7?,8-/m0/s1. The third kappa shape index (κ3) is 1.90. The zero-order valence-corrected chi connectivity index (χ0v) is 8.87. The maximum Gasteiger partial charge on any atom is 0.230 e. The van der Waals surface area contributed by atoms with E-state index in [1.807, 2.05) is 0 Å². The predicted molar refractivity (Wildman–Crippen MR) is 50.8 cm³/mol. The second kappa shape index (κ2) is 4.26. The predicted octanol–water partition coefficient (Wildman–Crippen LogP) is -0.315. The second-order valence-corrected chi connectivity index (χ2v) is 5.61. The van der Waals surface area contributed by atoms with Crippen molar-refractivity contribution in [3.05, 3.63) is 0 Å². The van der Waals surface area contributed by atoms with Gasteiger partial charge in [-0.2, -0.15) is 9.57 Å². The summed E-state index contributed by atoms with van der Waals surface area (Å²) in [7, 11) is -3.54. The lowest BCUT2D eigenvalue weighted by Gasteiger charge is -2.23. The van der Waals surface area contributed by atoms with E-state index >= 15 is 0 Å². The summed E-state index contributed by atoms with van der Waals surface area (Å²) in [6, 6.07) is 1.38. The number of rotatable bonds is 3. The van der Waals surface area contributed by atoms with E-state index in [-0.39, 0.29) is 12.6 Å². The number of nitriles is 1. The normalized spacial score (nSPS) is 25.9. The Hall–Kier alpha value is -0.640. The Labute approximate surface area is 84.0 Å².